The van der Waals surface area contributed by atoms with E-state index in [1.807, 2.05) is 53.4 Å². The number of carbonyl (C=O) groups is 2. The van der Waals surface area contributed by atoms with E-state index >= 15 is 0 Å². The van der Waals surface area contributed by atoms with Crippen LogP contribution < -0.4 is 10.1 Å². The van der Waals surface area contributed by atoms with E-state index in [9.17, 15) is 9.59 Å². The molecule has 3 aliphatic rings. The third kappa shape index (κ3) is 5.55. The van der Waals surface area contributed by atoms with Gasteiger partial charge in [-0.15, -0.1) is 0 Å². The van der Waals surface area contributed by atoms with Gasteiger partial charge in [-0.3, -0.25) is 9.59 Å². The third-order valence-electron chi connectivity index (χ3n) is 8.23. The average Bonchev–Trinajstić information content (AvgIpc) is 3.72. The Hall–Kier alpha value is -2.57. The summed E-state index contributed by atoms with van der Waals surface area (Å²) in [6, 6.07) is 15.7. The Morgan fingerprint density at radius 2 is 1.78 bits per heavy atom. The molecule has 192 valence electrons. The fourth-order valence-corrected chi connectivity index (χ4v) is 5.94. The lowest BCUT2D eigenvalue weighted by molar-refractivity contribution is -0.139. The fourth-order valence-electron chi connectivity index (χ4n) is 5.67. The summed E-state index contributed by atoms with van der Waals surface area (Å²) in [5.41, 5.74) is 1.91. The van der Waals surface area contributed by atoms with E-state index < -0.39 is 0 Å². The molecule has 36 heavy (non-hydrogen) atoms. The van der Waals surface area contributed by atoms with Gasteiger partial charge in [-0.25, -0.2) is 0 Å². The fraction of sp³-hybridized carbons (Fsp3) is 0.517. The lowest BCUT2D eigenvalue weighted by Gasteiger charge is -2.38. The minimum Gasteiger partial charge on any atom is -0.497 e. The molecule has 2 aliphatic heterocycles. The van der Waals surface area contributed by atoms with Crippen molar-refractivity contribution in [3.8, 4) is 5.75 Å². The predicted octanol–water partition coefficient (Wildman–Crippen LogP) is 4.82. The molecule has 0 aromatic heterocycles. The van der Waals surface area contributed by atoms with Crippen molar-refractivity contribution in [1.29, 1.82) is 0 Å². The number of benzene rings is 2. The topological polar surface area (TPSA) is 61.9 Å². The van der Waals surface area contributed by atoms with E-state index in [1.165, 1.54) is 0 Å². The number of rotatable bonds is 9. The molecule has 2 heterocycles. The van der Waals surface area contributed by atoms with Crippen molar-refractivity contribution in [3.05, 3.63) is 64.7 Å². The van der Waals surface area contributed by atoms with Crippen molar-refractivity contribution < 1.29 is 14.3 Å². The van der Waals surface area contributed by atoms with E-state index in [0.29, 0.717) is 17.5 Å². The smallest absolute Gasteiger partial charge is 0.229 e. The van der Waals surface area contributed by atoms with E-state index in [2.05, 4.69) is 10.2 Å². The number of piperidine rings is 1. The maximum absolute atomic E-state index is 13.4. The van der Waals surface area contributed by atoms with Crippen LogP contribution in [0.15, 0.2) is 48.5 Å². The Balaban J connectivity index is 1.15. The normalized spacial score (nSPS) is 20.5. The van der Waals surface area contributed by atoms with Crippen molar-refractivity contribution in [2.45, 2.75) is 51.1 Å². The zero-order valence-corrected chi connectivity index (χ0v) is 21.8. The highest BCUT2D eigenvalue weighted by Crippen LogP contribution is 2.42. The summed E-state index contributed by atoms with van der Waals surface area (Å²) in [5.74, 6) is 1.45. The van der Waals surface area contributed by atoms with E-state index in [1.54, 1.807) is 7.11 Å². The van der Waals surface area contributed by atoms with Gasteiger partial charge in [0.25, 0.3) is 0 Å². The van der Waals surface area contributed by atoms with Crippen molar-refractivity contribution in [2.75, 3.05) is 33.3 Å². The van der Waals surface area contributed by atoms with Crippen LogP contribution in [0, 0.1) is 11.3 Å². The molecular weight excluding hydrogens is 474 g/mol. The average molecular weight is 510 g/mol. The second kappa shape index (κ2) is 10.8. The molecule has 7 heteroatoms. The van der Waals surface area contributed by atoms with Crippen LogP contribution in [0.4, 0.5) is 0 Å². The molecule has 3 fully saturated rings. The van der Waals surface area contributed by atoms with Gasteiger partial charge < -0.3 is 19.9 Å². The van der Waals surface area contributed by atoms with Gasteiger partial charge in [-0.1, -0.05) is 41.9 Å². The number of hydrogen-bond acceptors (Lipinski definition) is 4. The lowest BCUT2D eigenvalue weighted by Crippen LogP contribution is -2.45. The zero-order chi connectivity index (χ0) is 25.1. The molecule has 1 N–H and O–H groups in total. The number of amides is 2. The second-order valence-electron chi connectivity index (χ2n) is 10.6. The molecular formula is C29H36ClN3O3. The predicted molar refractivity (Wildman–Crippen MR) is 141 cm³/mol. The highest BCUT2D eigenvalue weighted by Gasteiger charge is 2.47. The summed E-state index contributed by atoms with van der Waals surface area (Å²) in [7, 11) is 1.66. The molecule has 2 aromatic carbocycles. The highest BCUT2D eigenvalue weighted by molar-refractivity contribution is 6.31. The van der Waals surface area contributed by atoms with Crippen LogP contribution in [0.3, 0.4) is 0 Å². The molecule has 1 saturated carbocycles. The maximum atomic E-state index is 13.4. The molecule has 0 radical (unpaired) electrons. The summed E-state index contributed by atoms with van der Waals surface area (Å²) < 4.78 is 5.25. The number of hydrogen-bond donors (Lipinski definition) is 1. The molecule has 1 unspecified atom stereocenters. The van der Waals surface area contributed by atoms with Crippen LogP contribution in [0.2, 0.25) is 5.02 Å². The van der Waals surface area contributed by atoms with Crippen LogP contribution >= 0.6 is 11.6 Å². The van der Waals surface area contributed by atoms with Gasteiger partial charge in [-0.2, -0.15) is 0 Å². The van der Waals surface area contributed by atoms with Gasteiger partial charge in [0.15, 0.2) is 0 Å². The molecule has 1 atom stereocenters. The van der Waals surface area contributed by atoms with Crippen LogP contribution in [-0.4, -0.2) is 54.9 Å². The minimum absolute atomic E-state index is 0.0872. The van der Waals surface area contributed by atoms with Gasteiger partial charge in [0.05, 0.1) is 18.6 Å². The number of ether oxygens (including phenoxy) is 1. The quantitative estimate of drug-likeness (QED) is 0.526. The van der Waals surface area contributed by atoms with Gasteiger partial charge in [0.2, 0.25) is 11.8 Å². The molecule has 1 aliphatic carbocycles. The van der Waals surface area contributed by atoms with Crippen molar-refractivity contribution in [3.63, 3.8) is 0 Å². The minimum atomic E-state index is -0.217. The first-order chi connectivity index (χ1) is 17.5. The summed E-state index contributed by atoms with van der Waals surface area (Å²) in [5, 5.41) is 3.95. The Bertz CT molecular complexity index is 1080. The largest absolute Gasteiger partial charge is 0.497 e. The number of methoxy groups -OCH3 is 1. The zero-order valence-electron chi connectivity index (χ0n) is 21.0. The van der Waals surface area contributed by atoms with E-state index in [4.69, 9.17) is 16.3 Å². The van der Waals surface area contributed by atoms with Crippen molar-refractivity contribution in [2.24, 2.45) is 11.3 Å². The van der Waals surface area contributed by atoms with E-state index in [0.717, 1.165) is 81.6 Å². The summed E-state index contributed by atoms with van der Waals surface area (Å²) in [6.45, 7) is 4.18. The number of nitrogens with one attached hydrogen (secondary N) is 1. The van der Waals surface area contributed by atoms with Gasteiger partial charge in [0.1, 0.15) is 5.75 Å². The number of halogens is 1. The Labute approximate surface area is 218 Å². The van der Waals surface area contributed by atoms with Gasteiger partial charge in [-0.05, 0) is 80.9 Å². The maximum Gasteiger partial charge on any atom is 0.229 e. The van der Waals surface area contributed by atoms with E-state index in [-0.39, 0.29) is 23.3 Å². The summed E-state index contributed by atoms with van der Waals surface area (Å²) in [6.07, 6.45) is 5.52. The third-order valence-corrected chi connectivity index (χ3v) is 8.57. The molecule has 0 bridgehead atoms. The Morgan fingerprint density at radius 1 is 1.08 bits per heavy atom. The van der Waals surface area contributed by atoms with Crippen molar-refractivity contribution in [1.82, 2.24) is 15.1 Å². The van der Waals surface area contributed by atoms with Gasteiger partial charge in [0, 0.05) is 30.6 Å². The number of likely N-dealkylation sites (tertiary alicyclic amines) is 2. The Morgan fingerprint density at radius 3 is 2.44 bits per heavy atom. The van der Waals surface area contributed by atoms with Crippen LogP contribution in [0.25, 0.3) is 0 Å². The SMILES string of the molecule is COc1ccc(CN2CCC3(CCN(CCC(NC(=O)C4CC4)c4ccccc4Cl)CC3)C2=O)cc1. The van der Waals surface area contributed by atoms with Crippen molar-refractivity contribution >= 4 is 23.4 Å². The number of carbonyl (C=O) groups excluding carboxylic acids is 2. The monoisotopic (exact) mass is 509 g/mol. The Kier molecular flexibility index (Phi) is 7.54. The first-order valence-corrected chi connectivity index (χ1v) is 13.5. The molecule has 1 spiro atoms. The van der Waals surface area contributed by atoms with Crippen LogP contribution in [0.1, 0.15) is 55.7 Å². The van der Waals surface area contributed by atoms with Gasteiger partial charge >= 0.3 is 0 Å². The molecule has 2 saturated heterocycles. The first kappa shape index (κ1) is 25.1. The molecule has 6 nitrogen and oxygen atoms in total. The standard InChI is InChI=1S/C29H36ClN3O3/c1-36-23-10-6-21(7-11-23)20-33-19-15-29(28(33)35)13-17-32(18-14-29)16-12-26(31-27(34)22-8-9-22)24-4-2-3-5-25(24)30/h2-7,10-11,22,26H,8-9,12-20H2,1H3,(H,31,34). The van der Waals surface area contributed by atoms with Crippen LogP contribution in [0.5, 0.6) is 5.75 Å². The van der Waals surface area contributed by atoms with Crippen LogP contribution in [-0.2, 0) is 16.1 Å². The lowest BCUT2D eigenvalue weighted by atomic mass is 9.77. The first-order valence-electron chi connectivity index (χ1n) is 13.2. The molecule has 5 rings (SSSR count). The molecule has 2 aromatic rings. The summed E-state index contributed by atoms with van der Waals surface area (Å²) in [4.78, 5) is 30.4. The highest BCUT2D eigenvalue weighted by atomic mass is 35.5. The molecule has 2 amide bonds. The number of nitrogens with zero attached hydrogens (tertiary/aromatic N) is 2. The second-order valence-corrected chi connectivity index (χ2v) is 11.0. The summed E-state index contributed by atoms with van der Waals surface area (Å²) >= 11 is 6.49.